The van der Waals surface area contributed by atoms with Gasteiger partial charge in [0, 0.05) is 25.1 Å². The number of aromatic nitrogens is 1. The molecule has 0 bridgehead atoms. The van der Waals surface area contributed by atoms with Crippen LogP contribution in [0.5, 0.6) is 0 Å². The van der Waals surface area contributed by atoms with Crippen LogP contribution in [0, 0.1) is 12.8 Å². The molecule has 1 aliphatic rings. The third-order valence-electron chi connectivity index (χ3n) is 4.74. The zero-order chi connectivity index (χ0) is 21.2. The van der Waals surface area contributed by atoms with Crippen LogP contribution in [0.25, 0.3) is 0 Å². The number of sulfonamides is 1. The summed E-state index contributed by atoms with van der Waals surface area (Å²) in [5, 5.41) is 6.45. The first-order valence-corrected chi connectivity index (χ1v) is 10.4. The fourth-order valence-electron chi connectivity index (χ4n) is 3.16. The van der Waals surface area contributed by atoms with Gasteiger partial charge in [0.05, 0.1) is 22.7 Å². The maximum atomic E-state index is 12.9. The molecule has 0 atom stereocenters. The number of rotatable bonds is 5. The summed E-state index contributed by atoms with van der Waals surface area (Å²) >= 11 is 0. The summed E-state index contributed by atoms with van der Waals surface area (Å²) in [7, 11) is -4.07. The highest BCUT2D eigenvalue weighted by Gasteiger charge is 2.35. The summed E-state index contributed by atoms with van der Waals surface area (Å²) in [6.45, 7) is 2.05. The maximum Gasteiger partial charge on any atom is 0.416 e. The molecule has 1 N–H and O–H groups in total. The Kier molecular flexibility index (Phi) is 5.99. The van der Waals surface area contributed by atoms with Crippen LogP contribution < -0.4 is 5.32 Å². The number of nitrogens with one attached hydrogen (secondary N) is 1. The molecule has 2 heterocycles. The number of hydrogen-bond donors (Lipinski definition) is 1. The minimum absolute atomic E-state index is 0.0537. The van der Waals surface area contributed by atoms with Gasteiger partial charge in [-0.15, -0.1) is 0 Å². The lowest BCUT2D eigenvalue weighted by Gasteiger charge is -2.30. The van der Waals surface area contributed by atoms with E-state index < -0.39 is 26.7 Å². The second-order valence-electron chi connectivity index (χ2n) is 6.86. The zero-order valence-electron chi connectivity index (χ0n) is 15.6. The molecule has 11 heteroatoms. The topological polar surface area (TPSA) is 92.5 Å². The Hall–Kier alpha value is -2.40. The number of hydrogen-bond acceptors (Lipinski definition) is 5. The van der Waals surface area contributed by atoms with E-state index in [4.69, 9.17) is 4.52 Å². The van der Waals surface area contributed by atoms with Gasteiger partial charge in [0.15, 0.2) is 5.76 Å². The molecule has 1 aromatic heterocycles. The van der Waals surface area contributed by atoms with Crippen LogP contribution in [-0.4, -0.2) is 36.9 Å². The minimum atomic E-state index is -4.63. The second-order valence-corrected chi connectivity index (χ2v) is 8.79. The van der Waals surface area contributed by atoms with Gasteiger partial charge in [-0.3, -0.25) is 4.79 Å². The molecule has 158 valence electrons. The van der Waals surface area contributed by atoms with Crippen molar-refractivity contribution in [3.63, 3.8) is 0 Å². The Morgan fingerprint density at radius 3 is 2.55 bits per heavy atom. The van der Waals surface area contributed by atoms with Crippen molar-refractivity contribution in [3.05, 3.63) is 47.3 Å². The number of carbonyl (C=O) groups is 1. The van der Waals surface area contributed by atoms with Gasteiger partial charge in [0.1, 0.15) is 0 Å². The Morgan fingerprint density at radius 2 is 1.97 bits per heavy atom. The summed E-state index contributed by atoms with van der Waals surface area (Å²) in [5.41, 5.74) is -0.321. The van der Waals surface area contributed by atoms with Crippen LogP contribution in [0.3, 0.4) is 0 Å². The minimum Gasteiger partial charge on any atom is -0.359 e. The molecule has 0 unspecified atom stereocenters. The third kappa shape index (κ3) is 4.96. The first kappa shape index (κ1) is 21.3. The Balaban J connectivity index is 1.60. The molecule has 29 heavy (non-hydrogen) atoms. The van der Waals surface area contributed by atoms with Crippen LogP contribution >= 0.6 is 0 Å². The molecule has 1 fully saturated rings. The van der Waals surface area contributed by atoms with Gasteiger partial charge in [-0.1, -0.05) is 11.2 Å². The largest absolute Gasteiger partial charge is 0.416 e. The molecular weight excluding hydrogens is 411 g/mol. The van der Waals surface area contributed by atoms with E-state index in [0.717, 1.165) is 22.5 Å². The van der Waals surface area contributed by atoms with Crippen LogP contribution in [-0.2, 0) is 27.5 Å². The maximum absolute atomic E-state index is 12.9. The van der Waals surface area contributed by atoms with Crippen molar-refractivity contribution in [1.29, 1.82) is 0 Å². The molecule has 0 aliphatic carbocycles. The van der Waals surface area contributed by atoms with Crippen LogP contribution in [0.1, 0.15) is 29.9 Å². The lowest BCUT2D eigenvalue weighted by Crippen LogP contribution is -2.42. The quantitative estimate of drug-likeness (QED) is 0.786. The average molecular weight is 431 g/mol. The molecule has 2 aromatic rings. The van der Waals surface area contributed by atoms with Crippen LogP contribution in [0.4, 0.5) is 13.2 Å². The molecule has 3 rings (SSSR count). The van der Waals surface area contributed by atoms with Gasteiger partial charge in [0.2, 0.25) is 15.9 Å². The SMILES string of the molecule is Cc1cc(CNC(=O)C2CCN(S(=O)(=O)c3cccc(C(F)(F)F)c3)CC2)on1. The highest BCUT2D eigenvalue weighted by atomic mass is 32.2. The molecule has 1 saturated heterocycles. The van der Waals surface area contributed by atoms with Gasteiger partial charge in [-0.05, 0) is 38.0 Å². The molecule has 1 amide bonds. The summed E-state index contributed by atoms with van der Waals surface area (Å²) in [5.74, 6) is -0.0949. The van der Waals surface area contributed by atoms with Crippen molar-refractivity contribution in [2.45, 2.75) is 37.4 Å². The monoisotopic (exact) mass is 431 g/mol. The van der Waals surface area contributed by atoms with E-state index in [1.54, 1.807) is 13.0 Å². The van der Waals surface area contributed by atoms with E-state index in [-0.39, 0.29) is 44.3 Å². The number of nitrogens with zero attached hydrogens (tertiary/aromatic N) is 2. The van der Waals surface area contributed by atoms with Crippen molar-refractivity contribution in [2.75, 3.05) is 13.1 Å². The number of aryl methyl sites for hydroxylation is 1. The van der Waals surface area contributed by atoms with Crippen molar-refractivity contribution < 1.29 is 30.9 Å². The Morgan fingerprint density at radius 1 is 1.28 bits per heavy atom. The third-order valence-corrected chi connectivity index (χ3v) is 6.63. The smallest absolute Gasteiger partial charge is 0.359 e. The van der Waals surface area contributed by atoms with E-state index in [2.05, 4.69) is 10.5 Å². The van der Waals surface area contributed by atoms with Crippen LogP contribution in [0.15, 0.2) is 39.8 Å². The first-order chi connectivity index (χ1) is 13.6. The van der Waals surface area contributed by atoms with Gasteiger partial charge in [0.25, 0.3) is 0 Å². The van der Waals surface area contributed by atoms with Gasteiger partial charge < -0.3 is 9.84 Å². The molecule has 0 radical (unpaired) electrons. The van der Waals surface area contributed by atoms with Crippen molar-refractivity contribution in [2.24, 2.45) is 5.92 Å². The highest BCUT2D eigenvalue weighted by Crippen LogP contribution is 2.32. The molecule has 0 saturated carbocycles. The number of alkyl halides is 3. The number of carbonyl (C=O) groups excluding carboxylic acids is 1. The molecule has 7 nitrogen and oxygen atoms in total. The highest BCUT2D eigenvalue weighted by molar-refractivity contribution is 7.89. The van der Waals surface area contributed by atoms with Crippen molar-refractivity contribution in [1.82, 2.24) is 14.8 Å². The Bertz CT molecular complexity index is 980. The van der Waals surface area contributed by atoms with Crippen molar-refractivity contribution in [3.8, 4) is 0 Å². The van der Waals surface area contributed by atoms with E-state index in [1.165, 1.54) is 0 Å². The molecule has 1 aromatic carbocycles. The summed E-state index contributed by atoms with van der Waals surface area (Å²) in [6.07, 6.45) is -4.07. The lowest BCUT2D eigenvalue weighted by molar-refractivity contribution is -0.137. The van der Waals surface area contributed by atoms with E-state index in [1.807, 2.05) is 0 Å². The average Bonchev–Trinajstić information content (AvgIpc) is 3.11. The predicted octanol–water partition coefficient (Wildman–Crippen LogP) is 2.72. The van der Waals surface area contributed by atoms with E-state index >= 15 is 0 Å². The number of benzene rings is 1. The van der Waals surface area contributed by atoms with Gasteiger partial charge >= 0.3 is 6.18 Å². The standard InChI is InChI=1S/C18H20F3N3O4S/c1-12-9-15(28-23-12)11-22-17(25)13-5-7-24(8-6-13)29(26,27)16-4-2-3-14(10-16)18(19,20)21/h2-4,9-10,13H,5-8,11H2,1H3,(H,22,25). The molecular formula is C18H20F3N3O4S. The normalized spacial score (nSPS) is 16.7. The number of piperidine rings is 1. The fraction of sp³-hybridized carbons (Fsp3) is 0.444. The summed E-state index contributed by atoms with van der Waals surface area (Å²) in [4.78, 5) is 11.9. The predicted molar refractivity (Wildman–Crippen MR) is 96.0 cm³/mol. The first-order valence-electron chi connectivity index (χ1n) is 8.94. The summed E-state index contributed by atoms with van der Waals surface area (Å²) in [6, 6.07) is 5.37. The van der Waals surface area contributed by atoms with Gasteiger partial charge in [-0.2, -0.15) is 17.5 Å². The molecule has 0 spiro atoms. The zero-order valence-corrected chi connectivity index (χ0v) is 16.4. The van der Waals surface area contributed by atoms with Crippen LogP contribution in [0.2, 0.25) is 0 Å². The number of halogens is 3. The van der Waals surface area contributed by atoms with E-state index in [9.17, 15) is 26.4 Å². The second kappa shape index (κ2) is 8.15. The fourth-order valence-corrected chi connectivity index (χ4v) is 4.67. The van der Waals surface area contributed by atoms with Gasteiger partial charge in [-0.25, -0.2) is 8.42 Å². The molecule has 1 aliphatic heterocycles. The summed E-state index contributed by atoms with van der Waals surface area (Å²) < 4.78 is 70.1. The van der Waals surface area contributed by atoms with Crippen molar-refractivity contribution >= 4 is 15.9 Å². The lowest BCUT2D eigenvalue weighted by atomic mass is 9.97. The Labute approximate surface area is 165 Å². The number of amides is 1. The van der Waals surface area contributed by atoms with E-state index in [0.29, 0.717) is 17.5 Å².